The van der Waals surface area contributed by atoms with Gasteiger partial charge in [-0.05, 0) is 27.7 Å². The van der Waals surface area contributed by atoms with Crippen LogP contribution in [-0.4, -0.2) is 26.9 Å². The molecule has 0 fully saturated rings. The van der Waals surface area contributed by atoms with Crippen molar-refractivity contribution in [1.82, 2.24) is 20.5 Å². The van der Waals surface area contributed by atoms with Gasteiger partial charge in [0.2, 0.25) is 0 Å². The SMILES string of the molecule is Cc1nc(CNCc2cn[nH]c2NC(=O)OC(C)(C)C)cs1. The molecule has 2 heterocycles. The van der Waals surface area contributed by atoms with E-state index in [9.17, 15) is 4.79 Å². The Bertz CT molecular complexity index is 629. The third-order valence-electron chi connectivity index (χ3n) is 2.63. The molecule has 22 heavy (non-hydrogen) atoms. The second-order valence-electron chi connectivity index (χ2n) is 5.86. The Hall–Kier alpha value is -1.93. The fourth-order valence-electron chi connectivity index (χ4n) is 1.77. The summed E-state index contributed by atoms with van der Waals surface area (Å²) < 4.78 is 5.22. The Morgan fingerprint density at radius 2 is 2.18 bits per heavy atom. The van der Waals surface area contributed by atoms with Crippen LogP contribution in [0.2, 0.25) is 0 Å². The van der Waals surface area contributed by atoms with Crippen LogP contribution in [0, 0.1) is 6.92 Å². The van der Waals surface area contributed by atoms with Crippen molar-refractivity contribution in [3.63, 3.8) is 0 Å². The van der Waals surface area contributed by atoms with Gasteiger partial charge in [0.05, 0.1) is 16.9 Å². The summed E-state index contributed by atoms with van der Waals surface area (Å²) in [5.41, 5.74) is 1.33. The summed E-state index contributed by atoms with van der Waals surface area (Å²) in [5, 5.41) is 15.7. The molecular weight excluding hydrogens is 302 g/mol. The largest absolute Gasteiger partial charge is 0.444 e. The number of carbonyl (C=O) groups excluding carboxylic acids is 1. The van der Waals surface area contributed by atoms with E-state index < -0.39 is 11.7 Å². The third-order valence-corrected chi connectivity index (χ3v) is 3.45. The van der Waals surface area contributed by atoms with Crippen LogP contribution in [0.15, 0.2) is 11.6 Å². The number of nitrogens with one attached hydrogen (secondary N) is 3. The first-order chi connectivity index (χ1) is 10.3. The maximum Gasteiger partial charge on any atom is 0.413 e. The molecule has 0 aliphatic heterocycles. The van der Waals surface area contributed by atoms with Crippen LogP contribution in [0.4, 0.5) is 10.6 Å². The van der Waals surface area contributed by atoms with Crippen molar-refractivity contribution in [1.29, 1.82) is 0 Å². The molecule has 120 valence electrons. The lowest BCUT2D eigenvalue weighted by Crippen LogP contribution is -2.27. The van der Waals surface area contributed by atoms with Crippen molar-refractivity contribution < 1.29 is 9.53 Å². The number of aromatic amines is 1. The summed E-state index contributed by atoms with van der Waals surface area (Å²) in [5.74, 6) is 0.538. The molecule has 0 saturated heterocycles. The Balaban J connectivity index is 1.85. The number of hydrogen-bond acceptors (Lipinski definition) is 6. The van der Waals surface area contributed by atoms with E-state index in [1.807, 2.05) is 33.1 Å². The normalized spacial score (nSPS) is 11.5. The zero-order valence-corrected chi connectivity index (χ0v) is 14.0. The molecule has 0 radical (unpaired) electrons. The first kappa shape index (κ1) is 16.4. The number of carbonyl (C=O) groups is 1. The number of thiazole rings is 1. The predicted octanol–water partition coefficient (Wildman–Crippen LogP) is 2.81. The molecule has 0 spiro atoms. The average molecular weight is 323 g/mol. The van der Waals surface area contributed by atoms with Crippen molar-refractivity contribution in [3.05, 3.63) is 27.8 Å². The maximum absolute atomic E-state index is 11.8. The summed E-state index contributed by atoms with van der Waals surface area (Å²) in [6, 6.07) is 0. The van der Waals surface area contributed by atoms with Gasteiger partial charge in [-0.15, -0.1) is 11.3 Å². The molecular formula is C14H21N5O2S. The van der Waals surface area contributed by atoms with Gasteiger partial charge in [0.1, 0.15) is 11.4 Å². The minimum Gasteiger partial charge on any atom is -0.444 e. The molecule has 2 aromatic rings. The highest BCUT2D eigenvalue weighted by molar-refractivity contribution is 7.09. The molecule has 0 atom stereocenters. The van der Waals surface area contributed by atoms with E-state index in [0.717, 1.165) is 16.3 Å². The molecule has 0 unspecified atom stereocenters. The van der Waals surface area contributed by atoms with Gasteiger partial charge in [-0.1, -0.05) is 0 Å². The van der Waals surface area contributed by atoms with Gasteiger partial charge in [-0.3, -0.25) is 10.4 Å². The number of rotatable bonds is 5. The molecule has 7 nitrogen and oxygen atoms in total. The standard InChI is InChI=1S/C14H21N5O2S/c1-9-17-11(8-22-9)7-15-5-10-6-16-19-12(10)18-13(20)21-14(2,3)4/h6,8,15H,5,7H2,1-4H3,(H2,16,18,19,20). The Morgan fingerprint density at radius 3 is 2.82 bits per heavy atom. The van der Waals surface area contributed by atoms with Crippen LogP contribution in [0.25, 0.3) is 0 Å². The zero-order valence-electron chi connectivity index (χ0n) is 13.2. The first-order valence-electron chi connectivity index (χ1n) is 6.97. The van der Waals surface area contributed by atoms with Crippen LogP contribution in [0.5, 0.6) is 0 Å². The second-order valence-corrected chi connectivity index (χ2v) is 6.92. The van der Waals surface area contributed by atoms with E-state index in [1.165, 1.54) is 0 Å². The number of hydrogen-bond donors (Lipinski definition) is 3. The smallest absolute Gasteiger partial charge is 0.413 e. The quantitative estimate of drug-likeness (QED) is 0.787. The summed E-state index contributed by atoms with van der Waals surface area (Å²) in [7, 11) is 0. The molecule has 2 rings (SSSR count). The minimum absolute atomic E-state index is 0.506. The van der Waals surface area contributed by atoms with Crippen molar-refractivity contribution in [3.8, 4) is 0 Å². The van der Waals surface area contributed by atoms with Gasteiger partial charge < -0.3 is 10.1 Å². The van der Waals surface area contributed by atoms with E-state index in [1.54, 1.807) is 17.5 Å². The molecule has 0 aliphatic rings. The van der Waals surface area contributed by atoms with E-state index in [2.05, 4.69) is 25.8 Å². The summed E-state index contributed by atoms with van der Waals surface area (Å²) in [4.78, 5) is 16.1. The van der Waals surface area contributed by atoms with Crippen LogP contribution < -0.4 is 10.6 Å². The first-order valence-corrected chi connectivity index (χ1v) is 7.85. The molecule has 2 aromatic heterocycles. The highest BCUT2D eigenvalue weighted by atomic mass is 32.1. The van der Waals surface area contributed by atoms with E-state index in [4.69, 9.17) is 4.74 Å². The van der Waals surface area contributed by atoms with E-state index in [0.29, 0.717) is 18.9 Å². The molecule has 0 aliphatic carbocycles. The third kappa shape index (κ3) is 5.12. The Labute approximate surface area is 133 Å². The molecule has 1 amide bonds. The lowest BCUT2D eigenvalue weighted by Gasteiger charge is -2.19. The van der Waals surface area contributed by atoms with Gasteiger partial charge in [0, 0.05) is 24.0 Å². The minimum atomic E-state index is -0.537. The van der Waals surface area contributed by atoms with E-state index >= 15 is 0 Å². The highest BCUT2D eigenvalue weighted by Crippen LogP contribution is 2.14. The number of aromatic nitrogens is 3. The van der Waals surface area contributed by atoms with Crippen LogP contribution in [0.1, 0.15) is 37.0 Å². The van der Waals surface area contributed by atoms with Gasteiger partial charge in [0.15, 0.2) is 0 Å². The lowest BCUT2D eigenvalue weighted by atomic mass is 10.2. The monoisotopic (exact) mass is 323 g/mol. The van der Waals surface area contributed by atoms with E-state index in [-0.39, 0.29) is 0 Å². The highest BCUT2D eigenvalue weighted by Gasteiger charge is 2.17. The molecule has 3 N–H and O–H groups in total. The van der Waals surface area contributed by atoms with Gasteiger partial charge in [-0.2, -0.15) is 5.10 Å². The zero-order chi connectivity index (χ0) is 16.2. The number of anilines is 1. The van der Waals surface area contributed by atoms with Gasteiger partial charge in [-0.25, -0.2) is 9.78 Å². The molecule has 0 saturated carbocycles. The Morgan fingerprint density at radius 1 is 1.41 bits per heavy atom. The number of H-pyrrole nitrogens is 1. The molecule has 8 heteroatoms. The van der Waals surface area contributed by atoms with Crippen LogP contribution in [0.3, 0.4) is 0 Å². The maximum atomic E-state index is 11.8. The average Bonchev–Trinajstić information content (AvgIpc) is 2.97. The van der Waals surface area contributed by atoms with Crippen molar-refractivity contribution in [2.75, 3.05) is 5.32 Å². The lowest BCUT2D eigenvalue weighted by molar-refractivity contribution is 0.0635. The van der Waals surface area contributed by atoms with Crippen LogP contribution in [-0.2, 0) is 17.8 Å². The van der Waals surface area contributed by atoms with Crippen molar-refractivity contribution in [2.45, 2.75) is 46.4 Å². The van der Waals surface area contributed by atoms with Gasteiger partial charge >= 0.3 is 6.09 Å². The predicted molar refractivity (Wildman–Crippen MR) is 85.8 cm³/mol. The summed E-state index contributed by atoms with van der Waals surface area (Å²) in [6.45, 7) is 8.67. The summed E-state index contributed by atoms with van der Waals surface area (Å²) in [6.07, 6.45) is 1.17. The number of amides is 1. The number of nitrogens with zero attached hydrogens (tertiary/aromatic N) is 2. The number of ether oxygens (including phenoxy) is 1. The summed E-state index contributed by atoms with van der Waals surface area (Å²) >= 11 is 1.63. The van der Waals surface area contributed by atoms with Crippen LogP contribution >= 0.6 is 11.3 Å². The topological polar surface area (TPSA) is 91.9 Å². The number of aryl methyl sites for hydroxylation is 1. The van der Waals surface area contributed by atoms with Crippen molar-refractivity contribution >= 4 is 23.2 Å². The van der Waals surface area contributed by atoms with Crippen molar-refractivity contribution in [2.24, 2.45) is 0 Å². The fourth-order valence-corrected chi connectivity index (χ4v) is 2.39. The molecule has 0 aromatic carbocycles. The second kappa shape index (κ2) is 6.89. The molecule has 0 bridgehead atoms. The van der Waals surface area contributed by atoms with Gasteiger partial charge in [0.25, 0.3) is 0 Å². The fraction of sp³-hybridized carbons (Fsp3) is 0.500. The Kier molecular flexibility index (Phi) is 5.15.